The zero-order valence-electron chi connectivity index (χ0n) is 11.2. The summed E-state index contributed by atoms with van der Waals surface area (Å²) in [4.78, 5) is 11.9. The zero-order valence-corrected chi connectivity index (χ0v) is 12.8. The molecule has 0 aromatic rings. The number of alkyl halides is 1. The maximum absolute atomic E-state index is 11.9. The van der Waals surface area contributed by atoms with Crippen LogP contribution in [-0.2, 0) is 4.79 Å². The van der Waals surface area contributed by atoms with Crippen molar-refractivity contribution in [1.82, 2.24) is 5.32 Å². The van der Waals surface area contributed by atoms with E-state index in [-0.39, 0.29) is 11.8 Å². The second-order valence-corrected chi connectivity index (χ2v) is 6.16. The molecule has 1 atom stereocenters. The highest BCUT2D eigenvalue weighted by Crippen LogP contribution is 2.37. The van der Waals surface area contributed by atoms with Gasteiger partial charge in [0.2, 0.25) is 5.91 Å². The second-order valence-electron chi connectivity index (χ2n) is 5.60. The molecule has 1 unspecified atom stereocenters. The van der Waals surface area contributed by atoms with Gasteiger partial charge in [-0.25, -0.2) is 0 Å². The minimum absolute atomic E-state index is 0.163. The van der Waals surface area contributed by atoms with Gasteiger partial charge in [-0.05, 0) is 24.7 Å². The van der Waals surface area contributed by atoms with Crippen molar-refractivity contribution in [3.8, 4) is 0 Å². The lowest BCUT2D eigenvalue weighted by Crippen LogP contribution is -2.41. The van der Waals surface area contributed by atoms with E-state index >= 15 is 0 Å². The fourth-order valence-corrected chi connectivity index (χ4v) is 3.43. The van der Waals surface area contributed by atoms with Gasteiger partial charge in [0.25, 0.3) is 0 Å². The summed E-state index contributed by atoms with van der Waals surface area (Å²) in [5.41, 5.74) is 0.319. The van der Waals surface area contributed by atoms with E-state index in [0.717, 1.165) is 24.7 Å². The number of carbonyl (C=O) groups is 1. The van der Waals surface area contributed by atoms with Crippen LogP contribution in [0.25, 0.3) is 0 Å². The number of halogens is 1. The van der Waals surface area contributed by atoms with E-state index in [4.69, 9.17) is 0 Å². The van der Waals surface area contributed by atoms with Gasteiger partial charge in [-0.2, -0.15) is 0 Å². The molecule has 0 aliphatic heterocycles. The molecule has 17 heavy (non-hydrogen) atoms. The van der Waals surface area contributed by atoms with E-state index in [9.17, 15) is 4.79 Å². The molecule has 0 saturated heterocycles. The Hall–Kier alpha value is -0.0500. The summed E-state index contributed by atoms with van der Waals surface area (Å²) in [6.07, 6.45) is 8.56. The summed E-state index contributed by atoms with van der Waals surface area (Å²) >= 11 is 3.63. The largest absolute Gasteiger partial charge is 0.355 e. The van der Waals surface area contributed by atoms with E-state index in [2.05, 4.69) is 28.2 Å². The third-order valence-corrected chi connectivity index (χ3v) is 5.19. The third kappa shape index (κ3) is 4.61. The highest BCUT2D eigenvalue weighted by Gasteiger charge is 2.31. The van der Waals surface area contributed by atoms with Crippen molar-refractivity contribution >= 4 is 21.8 Å². The molecule has 1 amide bonds. The quantitative estimate of drug-likeness (QED) is 0.741. The Bertz CT molecular complexity index is 236. The molecular formula is C14H26BrNO. The van der Waals surface area contributed by atoms with E-state index in [1.807, 2.05) is 6.92 Å². The summed E-state index contributed by atoms with van der Waals surface area (Å²) in [6.45, 7) is 5.01. The van der Waals surface area contributed by atoms with Crippen LogP contribution in [0.2, 0.25) is 0 Å². The number of hydrogen-bond acceptors (Lipinski definition) is 1. The normalized spacial score (nSPS) is 20.9. The minimum atomic E-state index is 0.163. The van der Waals surface area contributed by atoms with Crippen molar-refractivity contribution in [1.29, 1.82) is 0 Å². The van der Waals surface area contributed by atoms with Gasteiger partial charge in [0.15, 0.2) is 0 Å². The maximum atomic E-state index is 11.9. The van der Waals surface area contributed by atoms with Crippen molar-refractivity contribution in [3.05, 3.63) is 0 Å². The number of rotatable bonds is 6. The molecular weight excluding hydrogens is 278 g/mol. The molecule has 0 spiro atoms. The first kappa shape index (κ1) is 15.0. The first-order chi connectivity index (χ1) is 8.13. The first-order valence-corrected chi connectivity index (χ1v) is 8.09. The van der Waals surface area contributed by atoms with Crippen LogP contribution in [-0.4, -0.2) is 17.8 Å². The molecule has 0 aromatic carbocycles. The Balaban J connectivity index is 2.39. The van der Waals surface area contributed by atoms with Gasteiger partial charge in [-0.15, -0.1) is 0 Å². The molecule has 1 N–H and O–H groups in total. The predicted molar refractivity (Wildman–Crippen MR) is 76.4 cm³/mol. The Morgan fingerprint density at radius 1 is 1.35 bits per heavy atom. The average Bonchev–Trinajstić information content (AvgIpc) is 2.37. The van der Waals surface area contributed by atoms with Crippen LogP contribution < -0.4 is 5.32 Å². The minimum Gasteiger partial charge on any atom is -0.355 e. The van der Waals surface area contributed by atoms with Crippen LogP contribution in [0.15, 0.2) is 0 Å². The van der Waals surface area contributed by atoms with Gasteiger partial charge < -0.3 is 5.32 Å². The molecule has 1 rings (SSSR count). The highest BCUT2D eigenvalue weighted by molar-refractivity contribution is 9.09. The molecule has 0 aromatic heterocycles. The third-order valence-electron chi connectivity index (χ3n) is 4.00. The predicted octanol–water partition coefficient (Wildman–Crippen LogP) is 3.88. The van der Waals surface area contributed by atoms with Crippen molar-refractivity contribution < 1.29 is 4.79 Å². The fourth-order valence-electron chi connectivity index (χ4n) is 2.67. The Morgan fingerprint density at radius 3 is 2.53 bits per heavy atom. The van der Waals surface area contributed by atoms with Crippen molar-refractivity contribution in [2.75, 3.05) is 11.9 Å². The van der Waals surface area contributed by atoms with Crippen molar-refractivity contribution in [2.45, 2.75) is 58.8 Å². The SMILES string of the molecule is CCCC(C)C(=O)NCC1(CBr)CCCCC1. The van der Waals surface area contributed by atoms with Crippen LogP contribution >= 0.6 is 15.9 Å². The Kier molecular flexibility index (Phi) is 6.53. The van der Waals surface area contributed by atoms with Crippen LogP contribution in [0, 0.1) is 11.3 Å². The van der Waals surface area contributed by atoms with E-state index < -0.39 is 0 Å². The lowest BCUT2D eigenvalue weighted by Gasteiger charge is -2.36. The molecule has 1 fully saturated rings. The molecule has 1 aliphatic carbocycles. The first-order valence-electron chi connectivity index (χ1n) is 6.97. The van der Waals surface area contributed by atoms with Crippen LogP contribution in [0.1, 0.15) is 58.8 Å². The number of nitrogens with one attached hydrogen (secondary N) is 1. The van der Waals surface area contributed by atoms with Gasteiger partial charge in [-0.3, -0.25) is 4.79 Å². The molecule has 0 radical (unpaired) electrons. The van der Waals surface area contributed by atoms with E-state index in [0.29, 0.717) is 5.41 Å². The monoisotopic (exact) mass is 303 g/mol. The topological polar surface area (TPSA) is 29.1 Å². The lowest BCUT2D eigenvalue weighted by molar-refractivity contribution is -0.125. The van der Waals surface area contributed by atoms with Crippen LogP contribution in [0.5, 0.6) is 0 Å². The van der Waals surface area contributed by atoms with E-state index in [1.54, 1.807) is 0 Å². The number of amides is 1. The van der Waals surface area contributed by atoms with Gasteiger partial charge in [-0.1, -0.05) is 55.5 Å². The summed E-state index contributed by atoms with van der Waals surface area (Å²) < 4.78 is 0. The van der Waals surface area contributed by atoms with Crippen molar-refractivity contribution in [3.63, 3.8) is 0 Å². The lowest BCUT2D eigenvalue weighted by atomic mass is 9.75. The molecule has 100 valence electrons. The van der Waals surface area contributed by atoms with Gasteiger partial charge in [0.1, 0.15) is 0 Å². The number of hydrogen-bond donors (Lipinski definition) is 1. The molecule has 0 heterocycles. The van der Waals surface area contributed by atoms with Crippen LogP contribution in [0.3, 0.4) is 0 Å². The smallest absolute Gasteiger partial charge is 0.222 e. The van der Waals surface area contributed by atoms with Gasteiger partial charge >= 0.3 is 0 Å². The summed E-state index contributed by atoms with van der Waals surface area (Å²) in [7, 11) is 0. The molecule has 2 nitrogen and oxygen atoms in total. The molecule has 0 bridgehead atoms. The van der Waals surface area contributed by atoms with Crippen LogP contribution in [0.4, 0.5) is 0 Å². The fraction of sp³-hybridized carbons (Fsp3) is 0.929. The maximum Gasteiger partial charge on any atom is 0.222 e. The standard InChI is InChI=1S/C14H26BrNO/c1-3-7-12(2)13(17)16-11-14(10-15)8-5-4-6-9-14/h12H,3-11H2,1-2H3,(H,16,17). The highest BCUT2D eigenvalue weighted by atomic mass is 79.9. The molecule has 1 aliphatic rings. The zero-order chi connectivity index (χ0) is 12.7. The molecule has 1 saturated carbocycles. The van der Waals surface area contributed by atoms with Crippen molar-refractivity contribution in [2.24, 2.45) is 11.3 Å². The van der Waals surface area contributed by atoms with Gasteiger partial charge in [0.05, 0.1) is 0 Å². The Labute approximate surface area is 114 Å². The molecule has 3 heteroatoms. The Morgan fingerprint density at radius 2 is 2.00 bits per heavy atom. The second kappa shape index (κ2) is 7.40. The summed E-state index contributed by atoms with van der Waals surface area (Å²) in [5, 5.41) is 4.18. The van der Waals surface area contributed by atoms with Gasteiger partial charge in [0, 0.05) is 17.8 Å². The average molecular weight is 304 g/mol. The summed E-state index contributed by atoms with van der Waals surface area (Å²) in [6, 6.07) is 0. The number of carbonyl (C=O) groups excluding carboxylic acids is 1. The van der Waals surface area contributed by atoms with E-state index in [1.165, 1.54) is 32.1 Å². The summed E-state index contributed by atoms with van der Waals surface area (Å²) in [5.74, 6) is 0.397.